The van der Waals surface area contributed by atoms with E-state index in [0.29, 0.717) is 13.1 Å². The van der Waals surface area contributed by atoms with Crippen LogP contribution in [0.15, 0.2) is 0 Å². The predicted octanol–water partition coefficient (Wildman–Crippen LogP) is 2.01. The Kier molecular flexibility index (Phi) is 11.8. The molecule has 0 spiro atoms. The van der Waals surface area contributed by atoms with Crippen LogP contribution in [0.2, 0.25) is 0 Å². The van der Waals surface area contributed by atoms with E-state index in [1.165, 1.54) is 0 Å². The first-order valence-corrected chi connectivity index (χ1v) is 8.50. The molecule has 0 rings (SSSR count). The molecule has 0 aliphatic heterocycles. The molecular weight excluding hydrogens is 269 g/mol. The first-order chi connectivity index (χ1) is 9.14. The lowest BCUT2D eigenvalue weighted by Gasteiger charge is -2.29. The molecular formula is C12H28NO5P. The first kappa shape index (κ1) is 19.0. The number of rotatable bonds is 13. The van der Waals surface area contributed by atoms with Gasteiger partial charge in [0.25, 0.3) is 0 Å². The zero-order chi connectivity index (χ0) is 14.6. The van der Waals surface area contributed by atoms with Gasteiger partial charge in [-0.15, -0.1) is 0 Å². The second kappa shape index (κ2) is 11.8. The number of aliphatic hydroxyl groups is 2. The van der Waals surface area contributed by atoms with Crippen LogP contribution in [0.4, 0.5) is 0 Å². The van der Waals surface area contributed by atoms with Crippen molar-refractivity contribution in [2.24, 2.45) is 0 Å². The van der Waals surface area contributed by atoms with Gasteiger partial charge in [-0.2, -0.15) is 0 Å². The van der Waals surface area contributed by atoms with Crippen molar-refractivity contribution >= 4 is 7.75 Å². The predicted molar refractivity (Wildman–Crippen MR) is 75.1 cm³/mol. The minimum absolute atomic E-state index is 0.0303. The minimum atomic E-state index is -3.41. The normalized spacial score (nSPS) is 12.3. The molecule has 0 atom stereocenters. The third-order valence-corrected chi connectivity index (χ3v) is 4.69. The molecule has 0 aliphatic rings. The SMILES string of the molecule is CCCCN(CCCC)P(=O)(OCCO)OCCO. The Morgan fingerprint density at radius 1 is 0.947 bits per heavy atom. The topological polar surface area (TPSA) is 79.2 Å². The summed E-state index contributed by atoms with van der Waals surface area (Å²) in [6.07, 6.45) is 3.78. The number of hydrogen-bond acceptors (Lipinski definition) is 5. The summed E-state index contributed by atoms with van der Waals surface area (Å²) in [4.78, 5) is 0. The molecule has 0 aromatic heterocycles. The molecule has 6 nitrogen and oxygen atoms in total. The van der Waals surface area contributed by atoms with Crippen molar-refractivity contribution < 1.29 is 23.8 Å². The summed E-state index contributed by atoms with van der Waals surface area (Å²) in [7, 11) is -3.41. The molecule has 0 heterocycles. The molecule has 2 N–H and O–H groups in total. The molecule has 0 aromatic carbocycles. The Labute approximate surface area is 116 Å². The molecule has 0 aromatic rings. The van der Waals surface area contributed by atoms with Crippen molar-refractivity contribution in [1.29, 1.82) is 0 Å². The molecule has 0 saturated heterocycles. The average molecular weight is 297 g/mol. The molecule has 0 fully saturated rings. The van der Waals surface area contributed by atoms with Crippen LogP contribution in [0.3, 0.4) is 0 Å². The maximum Gasteiger partial charge on any atom is 0.408 e. The average Bonchev–Trinajstić information content (AvgIpc) is 2.43. The summed E-state index contributed by atoms with van der Waals surface area (Å²) in [6, 6.07) is 0. The van der Waals surface area contributed by atoms with Gasteiger partial charge in [-0.1, -0.05) is 26.7 Å². The number of nitrogens with zero attached hydrogens (tertiary/aromatic N) is 1. The third kappa shape index (κ3) is 8.02. The maximum atomic E-state index is 12.7. The van der Waals surface area contributed by atoms with Crippen LogP contribution in [-0.2, 0) is 13.6 Å². The van der Waals surface area contributed by atoms with E-state index in [1.54, 1.807) is 4.67 Å². The second-order valence-electron chi connectivity index (χ2n) is 4.24. The van der Waals surface area contributed by atoms with Crippen molar-refractivity contribution in [2.45, 2.75) is 39.5 Å². The van der Waals surface area contributed by atoms with Gasteiger partial charge in [-0.05, 0) is 12.8 Å². The van der Waals surface area contributed by atoms with Crippen LogP contribution < -0.4 is 0 Å². The lowest BCUT2D eigenvalue weighted by molar-refractivity contribution is 0.112. The van der Waals surface area contributed by atoms with Crippen LogP contribution in [0.1, 0.15) is 39.5 Å². The van der Waals surface area contributed by atoms with Crippen LogP contribution in [0.25, 0.3) is 0 Å². The fraction of sp³-hybridized carbons (Fsp3) is 1.00. The molecule has 0 bridgehead atoms. The van der Waals surface area contributed by atoms with E-state index in [1.807, 2.05) is 0 Å². The summed E-state index contributed by atoms with van der Waals surface area (Å²) in [5, 5.41) is 17.6. The Hall–Kier alpha value is 0.0300. The quantitative estimate of drug-likeness (QED) is 0.506. The highest BCUT2D eigenvalue weighted by Crippen LogP contribution is 2.52. The molecule has 116 valence electrons. The van der Waals surface area contributed by atoms with Crippen molar-refractivity contribution in [2.75, 3.05) is 39.5 Å². The molecule has 0 amide bonds. The van der Waals surface area contributed by atoms with E-state index < -0.39 is 7.75 Å². The maximum absolute atomic E-state index is 12.7. The Morgan fingerprint density at radius 3 is 1.68 bits per heavy atom. The second-order valence-corrected chi connectivity index (χ2v) is 6.26. The van der Waals surface area contributed by atoms with Gasteiger partial charge in [0.1, 0.15) is 0 Å². The largest absolute Gasteiger partial charge is 0.408 e. The van der Waals surface area contributed by atoms with E-state index in [9.17, 15) is 4.57 Å². The van der Waals surface area contributed by atoms with Crippen LogP contribution in [-0.4, -0.2) is 54.4 Å². The monoisotopic (exact) mass is 297 g/mol. The van der Waals surface area contributed by atoms with Crippen LogP contribution in [0.5, 0.6) is 0 Å². The van der Waals surface area contributed by atoms with Gasteiger partial charge in [0.05, 0.1) is 26.4 Å². The van der Waals surface area contributed by atoms with Crippen molar-refractivity contribution in [3.8, 4) is 0 Å². The Bertz CT molecular complexity index is 232. The summed E-state index contributed by atoms with van der Waals surface area (Å²) >= 11 is 0. The third-order valence-electron chi connectivity index (χ3n) is 2.58. The van der Waals surface area contributed by atoms with Gasteiger partial charge < -0.3 is 10.2 Å². The summed E-state index contributed by atoms with van der Waals surface area (Å²) in [5.41, 5.74) is 0. The standard InChI is InChI=1S/C12H28NO5P/c1-3-5-7-13(8-6-4-2)19(16,17-11-9-14)18-12-10-15/h14-15H,3-12H2,1-2H3. The number of unbranched alkanes of at least 4 members (excludes halogenated alkanes) is 2. The van der Waals surface area contributed by atoms with Gasteiger partial charge in [0, 0.05) is 13.1 Å². The first-order valence-electron chi connectivity index (χ1n) is 7.00. The van der Waals surface area contributed by atoms with E-state index >= 15 is 0 Å². The van der Waals surface area contributed by atoms with Gasteiger partial charge in [0.15, 0.2) is 0 Å². The molecule has 7 heteroatoms. The number of hydrogen-bond donors (Lipinski definition) is 2. The van der Waals surface area contributed by atoms with E-state index in [0.717, 1.165) is 25.7 Å². The van der Waals surface area contributed by atoms with Crippen LogP contribution >= 0.6 is 7.75 Å². The zero-order valence-electron chi connectivity index (χ0n) is 12.1. The highest BCUT2D eigenvalue weighted by Gasteiger charge is 2.32. The van der Waals surface area contributed by atoms with Crippen molar-refractivity contribution in [3.05, 3.63) is 0 Å². The molecule has 19 heavy (non-hydrogen) atoms. The van der Waals surface area contributed by atoms with Gasteiger partial charge >= 0.3 is 7.75 Å². The zero-order valence-corrected chi connectivity index (χ0v) is 13.0. The highest BCUT2D eigenvalue weighted by molar-refractivity contribution is 7.51. The van der Waals surface area contributed by atoms with E-state index in [4.69, 9.17) is 19.3 Å². The summed E-state index contributed by atoms with van der Waals surface area (Å²) in [6.45, 7) is 4.91. The molecule has 0 aliphatic carbocycles. The van der Waals surface area contributed by atoms with Gasteiger partial charge in [-0.3, -0.25) is 9.05 Å². The molecule has 0 saturated carbocycles. The molecule has 0 radical (unpaired) electrons. The lowest BCUT2D eigenvalue weighted by Crippen LogP contribution is -2.26. The fourth-order valence-electron chi connectivity index (χ4n) is 1.55. The van der Waals surface area contributed by atoms with Gasteiger partial charge in [0.2, 0.25) is 0 Å². The van der Waals surface area contributed by atoms with Crippen molar-refractivity contribution in [3.63, 3.8) is 0 Å². The summed E-state index contributed by atoms with van der Waals surface area (Å²) < 4.78 is 24.9. The smallest absolute Gasteiger partial charge is 0.394 e. The van der Waals surface area contributed by atoms with E-state index in [-0.39, 0.29) is 26.4 Å². The molecule has 0 unspecified atom stereocenters. The Morgan fingerprint density at radius 2 is 1.37 bits per heavy atom. The highest BCUT2D eigenvalue weighted by atomic mass is 31.2. The Balaban J connectivity index is 4.70. The van der Waals surface area contributed by atoms with E-state index in [2.05, 4.69) is 13.8 Å². The minimum Gasteiger partial charge on any atom is -0.394 e. The van der Waals surface area contributed by atoms with Crippen LogP contribution in [0, 0.1) is 0 Å². The lowest BCUT2D eigenvalue weighted by atomic mass is 10.3. The van der Waals surface area contributed by atoms with Gasteiger partial charge in [-0.25, -0.2) is 9.24 Å². The fourth-order valence-corrected chi connectivity index (χ4v) is 3.35. The number of aliphatic hydroxyl groups excluding tert-OH is 2. The summed E-state index contributed by atoms with van der Waals surface area (Å²) in [5.74, 6) is 0. The van der Waals surface area contributed by atoms with Crippen molar-refractivity contribution in [1.82, 2.24) is 4.67 Å².